The minimum absolute atomic E-state index is 0.475. The summed E-state index contributed by atoms with van der Waals surface area (Å²) < 4.78 is 3.91. The molecule has 1 aliphatic rings. The normalized spacial score (nSPS) is 15.6. The van der Waals surface area contributed by atoms with Gasteiger partial charge in [0, 0.05) is 13.0 Å². The van der Waals surface area contributed by atoms with Crippen LogP contribution in [-0.4, -0.2) is 19.1 Å². The van der Waals surface area contributed by atoms with E-state index in [2.05, 4.69) is 10.9 Å². The lowest BCUT2D eigenvalue weighted by atomic mass is 10.1. The first-order valence-electron chi connectivity index (χ1n) is 6.98. The lowest BCUT2D eigenvalue weighted by molar-refractivity contribution is 0.622. The van der Waals surface area contributed by atoms with Crippen molar-refractivity contribution >= 4 is 5.82 Å². The molecule has 2 aromatic heterocycles. The number of rotatable bonds is 3. The summed E-state index contributed by atoms with van der Waals surface area (Å²) in [5.74, 6) is 4.84. The summed E-state index contributed by atoms with van der Waals surface area (Å²) in [5.41, 5.74) is 8.00. The topological polar surface area (TPSA) is 61.7 Å². The Morgan fingerprint density at radius 2 is 2.20 bits per heavy atom. The molecule has 0 bridgehead atoms. The summed E-state index contributed by atoms with van der Waals surface area (Å²) in [4.78, 5) is 8.93. The van der Waals surface area contributed by atoms with E-state index in [1.165, 1.54) is 25.7 Å². The Morgan fingerprint density at radius 1 is 1.45 bits per heavy atom. The van der Waals surface area contributed by atoms with Crippen LogP contribution in [0, 0.1) is 12.3 Å². The Balaban J connectivity index is 2.10. The molecule has 5 nitrogen and oxygen atoms in total. The first-order chi connectivity index (χ1) is 9.72. The predicted molar refractivity (Wildman–Crippen MR) is 78.9 cm³/mol. The molecule has 1 aliphatic carbocycles. The first kappa shape index (κ1) is 12.8. The van der Waals surface area contributed by atoms with E-state index < -0.39 is 0 Å². The van der Waals surface area contributed by atoms with Crippen LogP contribution in [-0.2, 0) is 13.6 Å². The predicted octanol–water partition coefficient (Wildman–Crippen LogP) is 2.16. The molecule has 0 unspecified atom stereocenters. The molecule has 2 N–H and O–H groups in total. The highest BCUT2D eigenvalue weighted by molar-refractivity contribution is 5.68. The van der Waals surface area contributed by atoms with Gasteiger partial charge in [0.25, 0.3) is 0 Å². The fourth-order valence-corrected chi connectivity index (χ4v) is 3.01. The number of aryl methyl sites for hydroxylation is 1. The molecule has 2 aromatic rings. The summed E-state index contributed by atoms with van der Waals surface area (Å²) in [6.07, 6.45) is 13.9. The zero-order chi connectivity index (χ0) is 14.1. The first-order valence-corrected chi connectivity index (χ1v) is 6.98. The van der Waals surface area contributed by atoms with Crippen molar-refractivity contribution in [3.63, 3.8) is 0 Å². The van der Waals surface area contributed by atoms with Crippen molar-refractivity contribution in [2.45, 2.75) is 38.1 Å². The van der Waals surface area contributed by atoms with Crippen LogP contribution in [0.25, 0.3) is 11.4 Å². The Hall–Kier alpha value is -2.22. The molecular weight excluding hydrogens is 250 g/mol. The van der Waals surface area contributed by atoms with Gasteiger partial charge in [0.2, 0.25) is 0 Å². The average molecular weight is 269 g/mol. The lowest BCUT2D eigenvalue weighted by Crippen LogP contribution is -2.09. The minimum Gasteiger partial charge on any atom is -0.383 e. The van der Waals surface area contributed by atoms with E-state index in [4.69, 9.17) is 17.1 Å². The molecule has 0 aliphatic heterocycles. The number of hydrogen-bond donors (Lipinski definition) is 1. The van der Waals surface area contributed by atoms with Crippen LogP contribution >= 0.6 is 0 Å². The van der Waals surface area contributed by atoms with E-state index in [0.717, 1.165) is 17.2 Å². The summed E-state index contributed by atoms with van der Waals surface area (Å²) in [6.45, 7) is 0.475. The van der Waals surface area contributed by atoms with Crippen molar-refractivity contribution in [1.29, 1.82) is 0 Å². The molecule has 0 atom stereocenters. The molecule has 2 heterocycles. The van der Waals surface area contributed by atoms with Crippen LogP contribution in [0.3, 0.4) is 0 Å². The molecule has 0 amide bonds. The third kappa shape index (κ3) is 1.97. The summed E-state index contributed by atoms with van der Waals surface area (Å²) in [6, 6.07) is 0. The van der Waals surface area contributed by atoms with E-state index in [1.807, 2.05) is 16.2 Å². The second-order valence-corrected chi connectivity index (χ2v) is 5.37. The molecular formula is C15H19N5. The zero-order valence-corrected chi connectivity index (χ0v) is 11.7. The van der Waals surface area contributed by atoms with Gasteiger partial charge in [0.15, 0.2) is 0 Å². The van der Waals surface area contributed by atoms with E-state index in [1.54, 1.807) is 12.5 Å². The third-order valence-corrected chi connectivity index (χ3v) is 4.07. The summed E-state index contributed by atoms with van der Waals surface area (Å²) in [5, 5.41) is 0. The van der Waals surface area contributed by atoms with Gasteiger partial charge in [-0.05, 0) is 12.8 Å². The Kier molecular flexibility index (Phi) is 3.23. The zero-order valence-electron chi connectivity index (χ0n) is 11.7. The molecule has 20 heavy (non-hydrogen) atoms. The number of terminal acetylenes is 1. The van der Waals surface area contributed by atoms with Crippen LogP contribution in [0.1, 0.15) is 37.4 Å². The number of imidazole rings is 2. The summed E-state index contributed by atoms with van der Waals surface area (Å²) in [7, 11) is 1.94. The van der Waals surface area contributed by atoms with Gasteiger partial charge in [0.1, 0.15) is 17.3 Å². The van der Waals surface area contributed by atoms with Gasteiger partial charge in [-0.1, -0.05) is 18.8 Å². The second-order valence-electron chi connectivity index (χ2n) is 5.37. The molecule has 0 spiro atoms. The minimum atomic E-state index is 0.475. The van der Waals surface area contributed by atoms with Gasteiger partial charge in [0.05, 0.1) is 24.8 Å². The maximum Gasteiger partial charge on any atom is 0.134 e. The molecule has 0 saturated heterocycles. The van der Waals surface area contributed by atoms with Crippen molar-refractivity contribution in [3.8, 4) is 23.7 Å². The van der Waals surface area contributed by atoms with Gasteiger partial charge in [-0.3, -0.25) is 0 Å². The fourth-order valence-electron chi connectivity index (χ4n) is 3.01. The fraction of sp³-hybridized carbons (Fsp3) is 0.467. The van der Waals surface area contributed by atoms with Gasteiger partial charge in [-0.25, -0.2) is 9.97 Å². The van der Waals surface area contributed by atoms with Crippen molar-refractivity contribution < 1.29 is 0 Å². The molecule has 0 radical (unpaired) electrons. The number of nitrogens with zero attached hydrogens (tertiary/aromatic N) is 4. The highest BCUT2D eigenvalue weighted by Gasteiger charge is 2.26. The van der Waals surface area contributed by atoms with Gasteiger partial charge in [-0.15, -0.1) is 6.42 Å². The number of hydrogen-bond acceptors (Lipinski definition) is 3. The van der Waals surface area contributed by atoms with Crippen LogP contribution in [0.4, 0.5) is 5.82 Å². The monoisotopic (exact) mass is 269 g/mol. The van der Waals surface area contributed by atoms with Crippen molar-refractivity contribution in [1.82, 2.24) is 19.1 Å². The number of aromatic nitrogens is 4. The van der Waals surface area contributed by atoms with Gasteiger partial charge in [-0.2, -0.15) is 0 Å². The Morgan fingerprint density at radius 3 is 2.80 bits per heavy atom. The quantitative estimate of drug-likeness (QED) is 0.868. The Labute approximate surface area is 118 Å². The van der Waals surface area contributed by atoms with Crippen molar-refractivity contribution in [2.24, 2.45) is 7.05 Å². The standard InChI is InChI=1S/C15H19N5/c1-3-8-20-14(16)13(12-9-17-10-19(12)2)18-15(20)11-6-4-5-7-11/h1,9-11H,4-8,16H2,2H3. The Bertz CT molecular complexity index is 652. The third-order valence-electron chi connectivity index (χ3n) is 4.07. The lowest BCUT2D eigenvalue weighted by Gasteiger charge is -2.11. The maximum absolute atomic E-state index is 6.28. The molecule has 1 fully saturated rings. The second kappa shape index (κ2) is 5.04. The largest absolute Gasteiger partial charge is 0.383 e. The molecule has 0 aromatic carbocycles. The summed E-state index contributed by atoms with van der Waals surface area (Å²) >= 11 is 0. The molecule has 1 saturated carbocycles. The van der Waals surface area contributed by atoms with Crippen LogP contribution in [0.2, 0.25) is 0 Å². The number of nitrogens with two attached hydrogens (primary N) is 1. The highest BCUT2D eigenvalue weighted by atomic mass is 15.2. The van der Waals surface area contributed by atoms with E-state index in [9.17, 15) is 0 Å². The molecule has 104 valence electrons. The highest BCUT2D eigenvalue weighted by Crippen LogP contribution is 2.37. The van der Waals surface area contributed by atoms with Crippen LogP contribution < -0.4 is 5.73 Å². The molecule has 5 heteroatoms. The van der Waals surface area contributed by atoms with Crippen molar-refractivity contribution in [2.75, 3.05) is 5.73 Å². The van der Waals surface area contributed by atoms with E-state index in [-0.39, 0.29) is 0 Å². The van der Waals surface area contributed by atoms with Crippen molar-refractivity contribution in [3.05, 3.63) is 18.3 Å². The van der Waals surface area contributed by atoms with Gasteiger partial charge < -0.3 is 14.9 Å². The van der Waals surface area contributed by atoms with E-state index in [0.29, 0.717) is 18.3 Å². The number of anilines is 1. The van der Waals surface area contributed by atoms with E-state index >= 15 is 0 Å². The number of nitrogen functional groups attached to an aromatic ring is 1. The SMILES string of the molecule is C#CCn1c(C2CCCC2)nc(-c2cncn2C)c1N. The van der Waals surface area contributed by atoms with Gasteiger partial charge >= 0.3 is 0 Å². The smallest absolute Gasteiger partial charge is 0.134 e. The van der Waals surface area contributed by atoms with Crippen LogP contribution in [0.15, 0.2) is 12.5 Å². The average Bonchev–Trinajstić information content (AvgIpc) is 3.13. The molecule has 3 rings (SSSR count). The maximum atomic E-state index is 6.28. The van der Waals surface area contributed by atoms with Crippen LogP contribution in [0.5, 0.6) is 0 Å².